The van der Waals surface area contributed by atoms with E-state index in [4.69, 9.17) is 9.47 Å². The van der Waals surface area contributed by atoms with E-state index in [-0.39, 0.29) is 24.9 Å². The van der Waals surface area contributed by atoms with E-state index in [0.717, 1.165) is 12.8 Å². The molecule has 0 unspecified atom stereocenters. The van der Waals surface area contributed by atoms with Crippen molar-refractivity contribution in [3.63, 3.8) is 0 Å². The van der Waals surface area contributed by atoms with Crippen molar-refractivity contribution in [3.05, 3.63) is 0 Å². The second-order valence-corrected chi connectivity index (χ2v) is 6.59. The minimum absolute atomic E-state index is 0.0124. The summed E-state index contributed by atoms with van der Waals surface area (Å²) in [4.78, 5) is 23.7. The summed E-state index contributed by atoms with van der Waals surface area (Å²) in [7, 11) is 0. The molecule has 2 atom stereocenters. The van der Waals surface area contributed by atoms with Crippen molar-refractivity contribution < 1.29 is 24.2 Å². The molecule has 1 rings (SSSR count). The Morgan fingerprint density at radius 1 is 1.38 bits per heavy atom. The molecule has 6 heteroatoms. The number of esters is 1. The van der Waals surface area contributed by atoms with E-state index in [9.17, 15) is 14.7 Å². The number of carbonyl (C=O) groups is 2. The van der Waals surface area contributed by atoms with Gasteiger partial charge < -0.3 is 14.6 Å². The number of aliphatic hydroxyl groups is 1. The molecule has 1 fully saturated rings. The first-order valence-corrected chi connectivity index (χ1v) is 7.53. The molecule has 0 spiro atoms. The van der Waals surface area contributed by atoms with Gasteiger partial charge in [-0.3, -0.25) is 10.1 Å². The van der Waals surface area contributed by atoms with Crippen LogP contribution in [0.1, 0.15) is 59.8 Å². The lowest BCUT2D eigenvalue weighted by Gasteiger charge is -2.40. The monoisotopic (exact) mass is 301 g/mol. The first-order chi connectivity index (χ1) is 9.69. The van der Waals surface area contributed by atoms with E-state index in [2.05, 4.69) is 5.32 Å². The zero-order valence-electron chi connectivity index (χ0n) is 13.4. The van der Waals surface area contributed by atoms with Crippen LogP contribution in [0.15, 0.2) is 0 Å². The average molecular weight is 301 g/mol. The lowest BCUT2D eigenvalue weighted by atomic mass is 9.83. The Kier molecular flexibility index (Phi) is 6.01. The smallest absolute Gasteiger partial charge is 0.410 e. The van der Waals surface area contributed by atoms with Crippen LogP contribution in [0.4, 0.5) is 4.79 Å². The Bertz CT molecular complexity index is 377. The molecule has 0 saturated heterocycles. The molecular formula is C15H27NO5. The van der Waals surface area contributed by atoms with E-state index in [1.54, 1.807) is 27.7 Å². The Labute approximate surface area is 126 Å². The molecule has 2 N–H and O–H groups in total. The van der Waals surface area contributed by atoms with Crippen molar-refractivity contribution in [1.82, 2.24) is 5.32 Å². The molecule has 0 aromatic heterocycles. The van der Waals surface area contributed by atoms with Crippen molar-refractivity contribution >= 4 is 12.1 Å². The SMILES string of the molecule is CCC(=O)O[C@@]1(NC(=O)OC(C)(C)C)CCC[C@H](CO)C1. The van der Waals surface area contributed by atoms with Crippen molar-refractivity contribution in [2.45, 2.75) is 71.1 Å². The molecule has 122 valence electrons. The van der Waals surface area contributed by atoms with Gasteiger partial charge in [0, 0.05) is 25.9 Å². The van der Waals surface area contributed by atoms with Crippen molar-refractivity contribution in [2.75, 3.05) is 6.61 Å². The van der Waals surface area contributed by atoms with Gasteiger partial charge >= 0.3 is 12.1 Å². The molecule has 1 saturated carbocycles. The van der Waals surface area contributed by atoms with Gasteiger partial charge in [0.05, 0.1) is 0 Å². The number of amides is 1. The highest BCUT2D eigenvalue weighted by atomic mass is 16.6. The standard InChI is InChI=1S/C15H27NO5/c1-5-12(18)20-15(8-6-7-11(9-15)10-17)16-13(19)21-14(2,3)4/h11,17H,5-10H2,1-4H3,(H,16,19)/t11-,15-/m0/s1. The van der Waals surface area contributed by atoms with E-state index in [1.807, 2.05) is 0 Å². The minimum atomic E-state index is -1.07. The molecule has 0 aliphatic heterocycles. The number of ether oxygens (including phenoxy) is 2. The van der Waals surface area contributed by atoms with Gasteiger partial charge in [0.25, 0.3) is 0 Å². The summed E-state index contributed by atoms with van der Waals surface area (Å²) in [5.41, 5.74) is -1.69. The fraction of sp³-hybridized carbons (Fsp3) is 0.867. The van der Waals surface area contributed by atoms with Crippen LogP contribution < -0.4 is 5.32 Å². The maximum Gasteiger partial charge on any atom is 0.410 e. The number of hydrogen-bond acceptors (Lipinski definition) is 5. The van der Waals surface area contributed by atoms with Gasteiger partial charge in [-0.05, 0) is 39.5 Å². The lowest BCUT2D eigenvalue weighted by molar-refractivity contribution is -0.169. The largest absolute Gasteiger partial charge is 0.444 e. The quantitative estimate of drug-likeness (QED) is 0.615. The van der Waals surface area contributed by atoms with Crippen LogP contribution in [0.2, 0.25) is 0 Å². The molecule has 1 aliphatic carbocycles. The van der Waals surface area contributed by atoms with Gasteiger partial charge in [-0.15, -0.1) is 0 Å². The van der Waals surface area contributed by atoms with Crippen LogP contribution in [-0.2, 0) is 14.3 Å². The predicted octanol–water partition coefficient (Wildman–Crippen LogP) is 2.34. The number of alkyl carbamates (subject to hydrolysis) is 1. The number of carbonyl (C=O) groups excluding carboxylic acids is 2. The van der Waals surface area contributed by atoms with Crippen molar-refractivity contribution in [2.24, 2.45) is 5.92 Å². The molecule has 1 aliphatic rings. The van der Waals surface area contributed by atoms with Crippen molar-refractivity contribution in [1.29, 1.82) is 0 Å². The fourth-order valence-electron chi connectivity index (χ4n) is 2.51. The average Bonchev–Trinajstić information content (AvgIpc) is 2.35. The van der Waals surface area contributed by atoms with Gasteiger partial charge in [0.1, 0.15) is 5.60 Å². The molecule has 21 heavy (non-hydrogen) atoms. The van der Waals surface area contributed by atoms with E-state index >= 15 is 0 Å². The lowest BCUT2D eigenvalue weighted by Crippen LogP contribution is -2.55. The van der Waals surface area contributed by atoms with E-state index < -0.39 is 17.4 Å². The second-order valence-electron chi connectivity index (χ2n) is 6.59. The van der Waals surface area contributed by atoms with Gasteiger partial charge in [-0.2, -0.15) is 0 Å². The summed E-state index contributed by atoms with van der Waals surface area (Å²) in [6.07, 6.45) is 2.21. The first-order valence-electron chi connectivity index (χ1n) is 7.53. The summed E-state index contributed by atoms with van der Waals surface area (Å²) in [5, 5.41) is 12.1. The van der Waals surface area contributed by atoms with Crippen LogP contribution in [0.5, 0.6) is 0 Å². The second kappa shape index (κ2) is 7.11. The highest BCUT2D eigenvalue weighted by molar-refractivity contribution is 5.72. The fourth-order valence-corrected chi connectivity index (χ4v) is 2.51. The Hall–Kier alpha value is -1.30. The summed E-state index contributed by atoms with van der Waals surface area (Å²) >= 11 is 0. The molecular weight excluding hydrogens is 274 g/mol. The summed E-state index contributed by atoms with van der Waals surface area (Å²) in [6, 6.07) is 0. The maximum absolute atomic E-state index is 12.0. The molecule has 0 aromatic rings. The zero-order chi connectivity index (χ0) is 16.1. The minimum Gasteiger partial charge on any atom is -0.444 e. The number of hydrogen-bond donors (Lipinski definition) is 2. The number of nitrogens with one attached hydrogen (secondary N) is 1. The summed E-state index contributed by atoms with van der Waals surface area (Å²) < 4.78 is 10.7. The van der Waals surface area contributed by atoms with Crippen LogP contribution in [0.25, 0.3) is 0 Å². The topological polar surface area (TPSA) is 84.9 Å². The third-order valence-electron chi connectivity index (χ3n) is 3.40. The highest BCUT2D eigenvalue weighted by Crippen LogP contribution is 2.34. The summed E-state index contributed by atoms with van der Waals surface area (Å²) in [5.74, 6) is -0.358. The van der Waals surface area contributed by atoms with E-state index in [1.165, 1.54) is 0 Å². The number of rotatable bonds is 4. The molecule has 0 bridgehead atoms. The van der Waals surface area contributed by atoms with Crippen molar-refractivity contribution in [3.8, 4) is 0 Å². The molecule has 0 radical (unpaired) electrons. The molecule has 0 aromatic carbocycles. The van der Waals surface area contributed by atoms with Crippen LogP contribution >= 0.6 is 0 Å². The van der Waals surface area contributed by atoms with Gasteiger partial charge in [0.15, 0.2) is 5.72 Å². The Morgan fingerprint density at radius 2 is 2.05 bits per heavy atom. The highest BCUT2D eigenvalue weighted by Gasteiger charge is 2.41. The zero-order valence-corrected chi connectivity index (χ0v) is 13.4. The first kappa shape index (κ1) is 17.8. The normalized spacial score (nSPS) is 26.0. The number of aliphatic hydroxyl groups excluding tert-OH is 1. The predicted molar refractivity (Wildman–Crippen MR) is 77.5 cm³/mol. The van der Waals surface area contributed by atoms with Crippen LogP contribution in [-0.4, -0.2) is 35.1 Å². The summed E-state index contributed by atoms with van der Waals surface area (Å²) in [6.45, 7) is 7.04. The molecule has 6 nitrogen and oxygen atoms in total. The molecule has 0 heterocycles. The van der Waals surface area contributed by atoms with E-state index in [0.29, 0.717) is 12.8 Å². The molecule has 1 amide bonds. The Morgan fingerprint density at radius 3 is 2.57 bits per heavy atom. The Balaban J connectivity index is 2.81. The van der Waals surface area contributed by atoms with Crippen LogP contribution in [0.3, 0.4) is 0 Å². The van der Waals surface area contributed by atoms with Crippen LogP contribution in [0, 0.1) is 5.92 Å². The maximum atomic E-state index is 12.0. The third kappa shape index (κ3) is 5.91. The van der Waals surface area contributed by atoms with Gasteiger partial charge in [0.2, 0.25) is 0 Å². The van der Waals surface area contributed by atoms with Gasteiger partial charge in [-0.1, -0.05) is 6.92 Å². The van der Waals surface area contributed by atoms with Gasteiger partial charge in [-0.25, -0.2) is 4.79 Å². The third-order valence-corrected chi connectivity index (χ3v) is 3.40.